The highest BCUT2D eigenvalue weighted by atomic mass is 16.2. The zero-order chi connectivity index (χ0) is 13.4. The summed E-state index contributed by atoms with van der Waals surface area (Å²) in [7, 11) is 0. The molecule has 0 saturated carbocycles. The van der Waals surface area contributed by atoms with Gasteiger partial charge in [0.15, 0.2) is 0 Å². The lowest BCUT2D eigenvalue weighted by molar-refractivity contribution is -0.120. The molecule has 1 atom stereocenters. The van der Waals surface area contributed by atoms with Crippen molar-refractivity contribution < 1.29 is 4.79 Å². The van der Waals surface area contributed by atoms with E-state index in [9.17, 15) is 4.79 Å². The number of para-hydroxylation sites is 1. The van der Waals surface area contributed by atoms with Crippen LogP contribution in [0.1, 0.15) is 33.1 Å². The van der Waals surface area contributed by atoms with E-state index in [1.165, 1.54) is 0 Å². The molecule has 18 heavy (non-hydrogen) atoms. The van der Waals surface area contributed by atoms with Crippen LogP contribution in [0, 0.1) is 17.2 Å². The van der Waals surface area contributed by atoms with Crippen molar-refractivity contribution in [2.24, 2.45) is 5.92 Å². The van der Waals surface area contributed by atoms with Gasteiger partial charge in [-0.25, -0.2) is 0 Å². The van der Waals surface area contributed by atoms with Crippen molar-refractivity contribution >= 4 is 11.6 Å². The minimum Gasteiger partial charge on any atom is -0.311 e. The number of hydrogen-bond acceptors (Lipinski definition) is 2. The maximum absolute atomic E-state index is 12.3. The van der Waals surface area contributed by atoms with Crippen molar-refractivity contribution in [3.8, 4) is 6.07 Å². The number of nitriles is 1. The van der Waals surface area contributed by atoms with Gasteiger partial charge in [0.1, 0.15) is 5.92 Å². The molecule has 3 heteroatoms. The molecule has 0 aliphatic rings. The SMILES string of the molecule is CCCCN(C(=O)C(C#N)CC)c1ccccc1. The van der Waals surface area contributed by atoms with Crippen molar-refractivity contribution in [1.29, 1.82) is 5.26 Å². The summed E-state index contributed by atoms with van der Waals surface area (Å²) >= 11 is 0. The Balaban J connectivity index is 2.92. The third-order valence-electron chi connectivity index (χ3n) is 2.93. The van der Waals surface area contributed by atoms with Gasteiger partial charge in [-0.15, -0.1) is 0 Å². The van der Waals surface area contributed by atoms with Crippen LogP contribution in [0.5, 0.6) is 0 Å². The van der Waals surface area contributed by atoms with Crippen molar-refractivity contribution in [3.05, 3.63) is 30.3 Å². The fourth-order valence-electron chi connectivity index (χ4n) is 1.80. The molecular weight excluding hydrogens is 224 g/mol. The smallest absolute Gasteiger partial charge is 0.244 e. The summed E-state index contributed by atoms with van der Waals surface area (Å²) in [6.45, 7) is 4.64. The highest BCUT2D eigenvalue weighted by Gasteiger charge is 2.23. The fourth-order valence-corrected chi connectivity index (χ4v) is 1.80. The van der Waals surface area contributed by atoms with Gasteiger partial charge in [-0.05, 0) is 25.0 Å². The zero-order valence-electron chi connectivity index (χ0n) is 11.1. The molecule has 0 saturated heterocycles. The molecule has 96 valence electrons. The Labute approximate surface area is 109 Å². The second kappa shape index (κ2) is 7.50. The van der Waals surface area contributed by atoms with Gasteiger partial charge in [0, 0.05) is 12.2 Å². The van der Waals surface area contributed by atoms with Gasteiger partial charge in [-0.1, -0.05) is 38.5 Å². The Bertz CT molecular complexity index is 408. The zero-order valence-corrected chi connectivity index (χ0v) is 11.1. The number of anilines is 1. The minimum absolute atomic E-state index is 0.0837. The molecule has 0 aliphatic carbocycles. The highest BCUT2D eigenvalue weighted by molar-refractivity contribution is 5.96. The lowest BCUT2D eigenvalue weighted by Crippen LogP contribution is -2.36. The summed E-state index contributed by atoms with van der Waals surface area (Å²) in [4.78, 5) is 14.1. The molecule has 0 radical (unpaired) electrons. The van der Waals surface area contributed by atoms with Gasteiger partial charge in [0.2, 0.25) is 5.91 Å². The first-order valence-corrected chi connectivity index (χ1v) is 6.50. The first kappa shape index (κ1) is 14.2. The second-order valence-corrected chi connectivity index (χ2v) is 4.27. The summed E-state index contributed by atoms with van der Waals surface area (Å²) in [5, 5.41) is 9.02. The molecule has 0 fully saturated rings. The molecule has 3 nitrogen and oxygen atoms in total. The molecule has 1 aromatic rings. The van der Waals surface area contributed by atoms with Gasteiger partial charge in [-0.3, -0.25) is 4.79 Å². The molecule has 0 bridgehead atoms. The number of unbranched alkanes of at least 4 members (excludes halogenated alkanes) is 1. The van der Waals surface area contributed by atoms with Crippen molar-refractivity contribution in [2.45, 2.75) is 33.1 Å². The van der Waals surface area contributed by atoms with E-state index in [1.54, 1.807) is 4.90 Å². The molecule has 1 unspecified atom stereocenters. The molecule has 1 amide bonds. The van der Waals surface area contributed by atoms with E-state index < -0.39 is 5.92 Å². The van der Waals surface area contributed by atoms with Gasteiger partial charge >= 0.3 is 0 Å². The molecule has 0 aromatic heterocycles. The average molecular weight is 244 g/mol. The summed E-state index contributed by atoms with van der Waals surface area (Å²) in [5.74, 6) is -0.623. The topological polar surface area (TPSA) is 44.1 Å². The molecule has 1 rings (SSSR count). The molecule has 0 N–H and O–H groups in total. The van der Waals surface area contributed by atoms with E-state index in [4.69, 9.17) is 5.26 Å². The summed E-state index contributed by atoms with van der Waals surface area (Å²) in [6, 6.07) is 11.7. The normalized spacial score (nSPS) is 11.6. The maximum atomic E-state index is 12.3. The van der Waals surface area contributed by atoms with Crippen LogP contribution in [0.2, 0.25) is 0 Å². The van der Waals surface area contributed by atoms with Gasteiger partial charge in [-0.2, -0.15) is 5.26 Å². The maximum Gasteiger partial charge on any atom is 0.244 e. The number of carbonyl (C=O) groups is 1. The predicted octanol–water partition coefficient (Wildman–Crippen LogP) is 3.37. The van der Waals surface area contributed by atoms with Crippen LogP contribution < -0.4 is 4.90 Å². The Hall–Kier alpha value is -1.82. The lowest BCUT2D eigenvalue weighted by atomic mass is 10.1. The third-order valence-corrected chi connectivity index (χ3v) is 2.93. The minimum atomic E-state index is -0.540. The van der Waals surface area contributed by atoms with Crippen LogP contribution in [-0.4, -0.2) is 12.5 Å². The van der Waals surface area contributed by atoms with Gasteiger partial charge in [0.25, 0.3) is 0 Å². The van der Waals surface area contributed by atoms with Crippen LogP contribution in [0.4, 0.5) is 5.69 Å². The van der Waals surface area contributed by atoms with Crippen molar-refractivity contribution in [3.63, 3.8) is 0 Å². The van der Waals surface area contributed by atoms with Crippen LogP contribution >= 0.6 is 0 Å². The summed E-state index contributed by atoms with van der Waals surface area (Å²) in [5.41, 5.74) is 0.879. The molecule has 0 aliphatic heterocycles. The number of rotatable bonds is 6. The summed E-state index contributed by atoms with van der Waals surface area (Å²) in [6.07, 6.45) is 2.53. The van der Waals surface area contributed by atoms with Gasteiger partial charge in [0.05, 0.1) is 6.07 Å². The van der Waals surface area contributed by atoms with Crippen LogP contribution in [-0.2, 0) is 4.79 Å². The summed E-state index contributed by atoms with van der Waals surface area (Å²) < 4.78 is 0. The number of amides is 1. The lowest BCUT2D eigenvalue weighted by Gasteiger charge is -2.24. The standard InChI is InChI=1S/C15H20N2O/c1-3-5-11-17(14-9-7-6-8-10-14)15(18)13(4-2)12-16/h6-10,13H,3-5,11H2,1-2H3. The second-order valence-electron chi connectivity index (χ2n) is 4.27. The van der Waals surface area contributed by atoms with E-state index in [-0.39, 0.29) is 5.91 Å². The Morgan fingerprint density at radius 1 is 1.33 bits per heavy atom. The molecule has 1 aromatic carbocycles. The van der Waals surface area contributed by atoms with Crippen LogP contribution in [0.25, 0.3) is 0 Å². The van der Waals surface area contributed by atoms with Crippen molar-refractivity contribution in [2.75, 3.05) is 11.4 Å². The third kappa shape index (κ3) is 3.59. The molecule has 0 heterocycles. The Morgan fingerprint density at radius 2 is 2.00 bits per heavy atom. The first-order valence-electron chi connectivity index (χ1n) is 6.50. The predicted molar refractivity (Wildman–Crippen MR) is 73.1 cm³/mol. The Morgan fingerprint density at radius 3 is 2.50 bits per heavy atom. The quantitative estimate of drug-likeness (QED) is 0.770. The monoisotopic (exact) mass is 244 g/mol. The number of benzene rings is 1. The largest absolute Gasteiger partial charge is 0.311 e. The van der Waals surface area contributed by atoms with Crippen LogP contribution in [0.15, 0.2) is 30.3 Å². The van der Waals surface area contributed by atoms with E-state index >= 15 is 0 Å². The first-order chi connectivity index (χ1) is 8.74. The molecular formula is C15H20N2O. The van der Waals surface area contributed by atoms with Crippen LogP contribution in [0.3, 0.4) is 0 Å². The number of carbonyl (C=O) groups excluding carboxylic acids is 1. The van der Waals surface area contributed by atoms with E-state index in [0.717, 1.165) is 18.5 Å². The van der Waals surface area contributed by atoms with E-state index in [0.29, 0.717) is 13.0 Å². The molecule has 0 spiro atoms. The highest BCUT2D eigenvalue weighted by Crippen LogP contribution is 2.18. The average Bonchev–Trinajstić information content (AvgIpc) is 2.42. The van der Waals surface area contributed by atoms with Crippen molar-refractivity contribution in [1.82, 2.24) is 0 Å². The number of nitrogens with zero attached hydrogens (tertiary/aromatic N) is 2. The van der Waals surface area contributed by atoms with E-state index in [1.807, 2.05) is 37.3 Å². The van der Waals surface area contributed by atoms with Gasteiger partial charge < -0.3 is 4.90 Å². The number of hydrogen-bond donors (Lipinski definition) is 0. The Kier molecular flexibility index (Phi) is 5.93. The van der Waals surface area contributed by atoms with E-state index in [2.05, 4.69) is 13.0 Å². The fraction of sp³-hybridized carbons (Fsp3) is 0.467.